The minimum Gasteiger partial charge on any atom is -0.508 e. The fourth-order valence-electron chi connectivity index (χ4n) is 3.02. The molecule has 0 saturated heterocycles. The lowest BCUT2D eigenvalue weighted by atomic mass is 9.83. The van der Waals surface area contributed by atoms with E-state index in [0.717, 1.165) is 5.57 Å². The molecular weight excluding hydrogens is 324 g/mol. The number of benzene rings is 1. The van der Waals surface area contributed by atoms with E-state index in [1.54, 1.807) is 6.07 Å². The Hall–Kier alpha value is -2.89. The average molecular weight is 344 g/mol. The van der Waals surface area contributed by atoms with Crippen molar-refractivity contribution >= 4 is 5.78 Å². The number of carbonyl (C=O) groups is 1. The van der Waals surface area contributed by atoms with Gasteiger partial charge in [-0.3, -0.25) is 4.79 Å². The third kappa shape index (κ3) is 2.73. The highest BCUT2D eigenvalue weighted by molar-refractivity contribution is 6.05. The zero-order valence-electron chi connectivity index (χ0n) is 14.2. The van der Waals surface area contributed by atoms with Gasteiger partial charge in [0, 0.05) is 5.56 Å². The van der Waals surface area contributed by atoms with Gasteiger partial charge in [0.05, 0.1) is 12.7 Å². The lowest BCUT2D eigenvalue weighted by molar-refractivity contribution is 0.0698. The van der Waals surface area contributed by atoms with Crippen LogP contribution in [0.5, 0.6) is 17.2 Å². The monoisotopic (exact) mass is 344 g/mol. The zero-order valence-corrected chi connectivity index (χ0v) is 14.2. The van der Waals surface area contributed by atoms with Crippen LogP contribution in [-0.4, -0.2) is 34.3 Å². The first-order valence-electron chi connectivity index (χ1n) is 7.92. The summed E-state index contributed by atoms with van der Waals surface area (Å²) in [5.74, 6) is -2.01. The minimum absolute atomic E-state index is 0.0765. The van der Waals surface area contributed by atoms with E-state index in [1.165, 1.54) is 19.3 Å². The number of phenolic OH excluding ortho intramolecular Hbond substituents is 1. The van der Waals surface area contributed by atoms with Crippen LogP contribution in [0.15, 0.2) is 41.4 Å². The Bertz CT molecular complexity index is 827. The van der Waals surface area contributed by atoms with Crippen LogP contribution in [0.1, 0.15) is 29.8 Å². The molecule has 2 aliphatic rings. The van der Waals surface area contributed by atoms with Gasteiger partial charge in [0.15, 0.2) is 23.0 Å². The number of allylic oxidation sites excluding steroid dienone is 3. The van der Waals surface area contributed by atoms with Crippen molar-refractivity contribution in [1.29, 1.82) is 0 Å². The maximum Gasteiger partial charge on any atom is 0.204 e. The van der Waals surface area contributed by atoms with E-state index in [1.807, 2.05) is 19.9 Å². The first kappa shape index (κ1) is 17.0. The summed E-state index contributed by atoms with van der Waals surface area (Å²) < 4.78 is 11.1. The molecule has 6 nitrogen and oxygen atoms in total. The number of hydrogen-bond donors (Lipinski definition) is 3. The molecule has 25 heavy (non-hydrogen) atoms. The third-order valence-electron chi connectivity index (χ3n) is 4.35. The number of aliphatic hydroxyl groups is 2. The predicted octanol–water partition coefficient (Wildman–Crippen LogP) is 3.37. The van der Waals surface area contributed by atoms with Crippen molar-refractivity contribution in [3.8, 4) is 17.2 Å². The van der Waals surface area contributed by atoms with Gasteiger partial charge in [-0.05, 0) is 38.5 Å². The summed E-state index contributed by atoms with van der Waals surface area (Å²) in [6.45, 7) is 3.87. The number of ether oxygens (including phenoxy) is 2. The molecule has 1 aromatic carbocycles. The number of phenols is 1. The van der Waals surface area contributed by atoms with Gasteiger partial charge >= 0.3 is 0 Å². The first-order valence-corrected chi connectivity index (χ1v) is 7.92. The largest absolute Gasteiger partial charge is 0.508 e. The summed E-state index contributed by atoms with van der Waals surface area (Å²) in [4.78, 5) is 12.9. The maximum atomic E-state index is 12.9. The Morgan fingerprint density at radius 2 is 2.04 bits per heavy atom. The highest BCUT2D eigenvalue weighted by atomic mass is 16.5. The molecule has 0 spiro atoms. The van der Waals surface area contributed by atoms with Crippen molar-refractivity contribution in [1.82, 2.24) is 0 Å². The average Bonchev–Trinajstić information content (AvgIpc) is 2.57. The summed E-state index contributed by atoms with van der Waals surface area (Å²) in [6, 6.07) is 1.55. The molecule has 132 valence electrons. The Balaban J connectivity index is 2.15. The van der Waals surface area contributed by atoms with Gasteiger partial charge in [-0.1, -0.05) is 11.6 Å². The molecule has 0 unspecified atom stereocenters. The first-order chi connectivity index (χ1) is 11.8. The number of fused-ring (bicyclic) bond motifs is 2. The molecule has 0 aromatic heterocycles. The van der Waals surface area contributed by atoms with Crippen LogP contribution in [0.3, 0.4) is 0 Å². The summed E-state index contributed by atoms with van der Waals surface area (Å²) in [5.41, 5.74) is 1.80. The van der Waals surface area contributed by atoms with Crippen LogP contribution in [0.25, 0.3) is 0 Å². The molecule has 0 amide bonds. The van der Waals surface area contributed by atoms with E-state index in [2.05, 4.69) is 0 Å². The topological polar surface area (TPSA) is 96.2 Å². The summed E-state index contributed by atoms with van der Waals surface area (Å²) in [7, 11) is 1.39. The Morgan fingerprint density at radius 3 is 2.68 bits per heavy atom. The fraction of sp³-hybridized carbons (Fsp3) is 0.316. The SMILES string of the molecule is COc1c(O)c(CC=C(C)C)cc2c1O[C@H]1C=CC(O)=C(O)[C@@H]1C2=O. The van der Waals surface area contributed by atoms with Crippen LogP contribution in [0, 0.1) is 5.92 Å². The van der Waals surface area contributed by atoms with Crippen molar-refractivity contribution in [3.63, 3.8) is 0 Å². The van der Waals surface area contributed by atoms with Gasteiger partial charge in [-0.25, -0.2) is 0 Å². The summed E-state index contributed by atoms with van der Waals surface area (Å²) >= 11 is 0. The quantitative estimate of drug-likeness (QED) is 0.728. The molecule has 0 bridgehead atoms. The number of hydrogen-bond acceptors (Lipinski definition) is 6. The van der Waals surface area contributed by atoms with Gasteiger partial charge in [0.25, 0.3) is 0 Å². The van der Waals surface area contributed by atoms with Gasteiger partial charge in [0.1, 0.15) is 17.8 Å². The lowest BCUT2D eigenvalue weighted by Gasteiger charge is -2.33. The lowest BCUT2D eigenvalue weighted by Crippen LogP contribution is -2.39. The molecule has 2 atom stereocenters. The molecule has 1 aliphatic heterocycles. The van der Waals surface area contributed by atoms with Crippen LogP contribution in [0.2, 0.25) is 0 Å². The van der Waals surface area contributed by atoms with Gasteiger partial charge in [0.2, 0.25) is 5.75 Å². The van der Waals surface area contributed by atoms with E-state index < -0.39 is 23.6 Å². The second kappa shape index (κ2) is 6.20. The van der Waals surface area contributed by atoms with E-state index in [0.29, 0.717) is 12.0 Å². The molecule has 0 radical (unpaired) electrons. The van der Waals surface area contributed by atoms with Crippen LogP contribution < -0.4 is 9.47 Å². The minimum atomic E-state index is -1.01. The zero-order chi connectivity index (χ0) is 18.3. The smallest absolute Gasteiger partial charge is 0.204 e. The van der Waals surface area contributed by atoms with Crippen molar-refractivity contribution in [3.05, 3.63) is 52.5 Å². The summed E-state index contributed by atoms with van der Waals surface area (Å²) in [5, 5.41) is 30.2. The summed E-state index contributed by atoms with van der Waals surface area (Å²) in [6.07, 6.45) is 4.35. The van der Waals surface area contributed by atoms with Gasteiger partial charge in [-0.2, -0.15) is 0 Å². The molecule has 6 heteroatoms. The molecule has 3 N–H and O–H groups in total. The van der Waals surface area contributed by atoms with E-state index in [-0.39, 0.29) is 28.6 Å². The molecular formula is C19H20O6. The number of aliphatic hydroxyl groups excluding tert-OH is 2. The predicted molar refractivity (Wildman–Crippen MR) is 91.5 cm³/mol. The van der Waals surface area contributed by atoms with E-state index in [4.69, 9.17) is 9.47 Å². The van der Waals surface area contributed by atoms with Gasteiger partial charge < -0.3 is 24.8 Å². The normalized spacial score (nSPS) is 21.3. The van der Waals surface area contributed by atoms with Crippen molar-refractivity contribution < 1.29 is 29.6 Å². The second-order valence-corrected chi connectivity index (χ2v) is 6.33. The van der Waals surface area contributed by atoms with Gasteiger partial charge in [-0.15, -0.1) is 0 Å². The Labute approximate surface area is 145 Å². The number of ketones is 1. The van der Waals surface area contributed by atoms with Crippen molar-refractivity contribution in [2.75, 3.05) is 7.11 Å². The third-order valence-corrected chi connectivity index (χ3v) is 4.35. The van der Waals surface area contributed by atoms with Crippen LogP contribution in [0.4, 0.5) is 0 Å². The Kier molecular flexibility index (Phi) is 4.20. The number of Topliss-reactive ketones (excluding diaryl/α,β-unsaturated/α-hetero) is 1. The number of aromatic hydroxyl groups is 1. The standard InChI is InChI=1S/C19H20O6/c1-9(2)4-5-10-8-11-16(22)14-13(7-6-12(20)17(14)23)25-18(11)19(24-3)15(10)21/h4,6-8,13-14,20-21,23H,5H2,1-3H3/t13-,14-/m0/s1. The van der Waals surface area contributed by atoms with Crippen molar-refractivity contribution in [2.24, 2.45) is 5.92 Å². The molecule has 0 fully saturated rings. The Morgan fingerprint density at radius 1 is 1.32 bits per heavy atom. The maximum absolute atomic E-state index is 12.9. The number of carbonyl (C=O) groups excluding carboxylic acids is 1. The molecule has 1 aromatic rings. The molecule has 1 aliphatic carbocycles. The molecule has 1 heterocycles. The highest BCUT2D eigenvalue weighted by Gasteiger charge is 2.43. The number of rotatable bonds is 3. The molecule has 3 rings (SSSR count). The highest BCUT2D eigenvalue weighted by Crippen LogP contribution is 2.48. The van der Waals surface area contributed by atoms with Crippen molar-refractivity contribution in [2.45, 2.75) is 26.4 Å². The van der Waals surface area contributed by atoms with E-state index >= 15 is 0 Å². The second-order valence-electron chi connectivity index (χ2n) is 6.33. The van der Waals surface area contributed by atoms with Crippen LogP contribution >= 0.6 is 0 Å². The fourth-order valence-corrected chi connectivity index (χ4v) is 3.02. The molecule has 0 saturated carbocycles. The number of methoxy groups -OCH3 is 1. The van der Waals surface area contributed by atoms with E-state index in [9.17, 15) is 20.1 Å². The van der Waals surface area contributed by atoms with Crippen LogP contribution in [-0.2, 0) is 6.42 Å².